The molecule has 10 N–H and O–H groups in total. The minimum atomic E-state index is -0.709. The Hall–Kier alpha value is -3.59. The summed E-state index contributed by atoms with van der Waals surface area (Å²) in [5, 5.41) is 13.6. The summed E-state index contributed by atoms with van der Waals surface area (Å²) in [7, 11) is 0. The first-order chi connectivity index (χ1) is 15.6. The average molecular weight is 473 g/mol. The smallest absolute Gasteiger partial charge is 0.239 e. The van der Waals surface area contributed by atoms with Crippen molar-refractivity contribution in [3.05, 3.63) is 0 Å². The molecule has 0 heterocycles. The summed E-state index contributed by atoms with van der Waals surface area (Å²) in [4.78, 5) is 80.8. The van der Waals surface area contributed by atoms with Crippen molar-refractivity contribution >= 4 is 41.2 Å². The van der Waals surface area contributed by atoms with Gasteiger partial charge in [0.25, 0.3) is 0 Å². The van der Waals surface area contributed by atoms with Crippen molar-refractivity contribution in [2.45, 2.75) is 25.8 Å². The van der Waals surface area contributed by atoms with E-state index in [2.05, 4.69) is 31.9 Å². The van der Waals surface area contributed by atoms with Crippen molar-refractivity contribution in [1.29, 1.82) is 0 Å². The number of carbonyl (C=O) groups excluding carboxylic acids is 7. The second kappa shape index (κ2) is 17.0. The molecule has 0 radical (unpaired) electrons. The molecule has 1 atom stereocenters. The lowest BCUT2D eigenvalue weighted by Crippen LogP contribution is -2.47. The van der Waals surface area contributed by atoms with E-state index in [0.717, 1.165) is 0 Å². The zero-order chi connectivity index (χ0) is 25.2. The van der Waals surface area contributed by atoms with Gasteiger partial charge in [-0.3, -0.25) is 33.6 Å². The van der Waals surface area contributed by atoms with Crippen molar-refractivity contribution in [2.24, 2.45) is 11.5 Å². The molecule has 0 spiro atoms. The highest BCUT2D eigenvalue weighted by Crippen LogP contribution is 1.94. The Balaban J connectivity index is 3.97. The number of carbonyl (C=O) groups is 7. The maximum Gasteiger partial charge on any atom is 0.239 e. The molecule has 0 fully saturated rings. The molecule has 0 aromatic heterocycles. The second-order valence-electron chi connectivity index (χ2n) is 6.74. The lowest BCUT2D eigenvalue weighted by molar-refractivity contribution is -0.130. The third-order valence-electron chi connectivity index (χ3n) is 3.90. The van der Waals surface area contributed by atoms with Gasteiger partial charge in [-0.1, -0.05) is 0 Å². The van der Waals surface area contributed by atoms with E-state index in [0.29, 0.717) is 13.0 Å². The topological polar surface area (TPSA) is 244 Å². The van der Waals surface area contributed by atoms with Gasteiger partial charge in [-0.05, 0) is 19.9 Å². The fourth-order valence-electron chi connectivity index (χ4n) is 2.08. The van der Waals surface area contributed by atoms with Crippen molar-refractivity contribution < 1.29 is 33.6 Å². The monoisotopic (exact) mass is 472 g/mol. The molecular formula is C18H32N8O7. The van der Waals surface area contributed by atoms with Crippen molar-refractivity contribution in [3.63, 3.8) is 0 Å². The molecule has 0 aliphatic heterocycles. The van der Waals surface area contributed by atoms with Gasteiger partial charge in [0.05, 0.1) is 45.3 Å². The summed E-state index contributed by atoms with van der Waals surface area (Å²) in [6, 6.07) is -0.709. The standard InChI is InChI=1S/C18H32N8O7/c1-11(12(27)3-2-4-19)26-18(33)10-25-17(32)9-24-16(31)8-23-15(30)7-22-14(29)6-21-13(28)5-20/h11H,2-10,19-20H2,1H3,(H,21,28)(H,22,29)(H,23,30)(H,24,31)(H,25,32)(H,26,33)/t11-/m0/s1. The van der Waals surface area contributed by atoms with Gasteiger partial charge in [-0.25, -0.2) is 0 Å². The van der Waals surface area contributed by atoms with Gasteiger partial charge >= 0.3 is 0 Å². The van der Waals surface area contributed by atoms with Gasteiger partial charge < -0.3 is 43.4 Å². The second-order valence-corrected chi connectivity index (χ2v) is 6.74. The van der Waals surface area contributed by atoms with Crippen LogP contribution >= 0.6 is 0 Å². The molecule has 0 rings (SSSR count). The predicted octanol–water partition coefficient (Wildman–Crippen LogP) is -5.66. The minimum Gasteiger partial charge on any atom is -0.346 e. The third-order valence-corrected chi connectivity index (χ3v) is 3.90. The van der Waals surface area contributed by atoms with Gasteiger partial charge in [0.1, 0.15) is 0 Å². The molecule has 15 nitrogen and oxygen atoms in total. The van der Waals surface area contributed by atoms with E-state index in [1.807, 2.05) is 0 Å². The first-order valence-electron chi connectivity index (χ1n) is 10.1. The zero-order valence-electron chi connectivity index (χ0n) is 18.5. The lowest BCUT2D eigenvalue weighted by Gasteiger charge is -2.13. The zero-order valence-corrected chi connectivity index (χ0v) is 18.5. The van der Waals surface area contributed by atoms with E-state index in [4.69, 9.17) is 11.5 Å². The number of rotatable bonds is 16. The van der Waals surface area contributed by atoms with Crippen LogP contribution in [0.1, 0.15) is 19.8 Å². The summed E-state index contributed by atoms with van der Waals surface area (Å²) in [5.41, 5.74) is 10.4. The quantitative estimate of drug-likeness (QED) is 0.106. The first kappa shape index (κ1) is 29.4. The van der Waals surface area contributed by atoms with Crippen LogP contribution in [0.15, 0.2) is 0 Å². The van der Waals surface area contributed by atoms with E-state index in [1.54, 1.807) is 0 Å². The molecule has 6 amide bonds. The molecule has 0 aliphatic carbocycles. The van der Waals surface area contributed by atoms with E-state index in [1.165, 1.54) is 6.92 Å². The van der Waals surface area contributed by atoms with Crippen molar-refractivity contribution in [2.75, 3.05) is 45.8 Å². The highest BCUT2D eigenvalue weighted by molar-refractivity contribution is 5.93. The van der Waals surface area contributed by atoms with E-state index in [-0.39, 0.29) is 31.8 Å². The Morgan fingerprint density at radius 2 is 0.970 bits per heavy atom. The van der Waals surface area contributed by atoms with E-state index >= 15 is 0 Å². The summed E-state index contributed by atoms with van der Waals surface area (Å²) in [6.07, 6.45) is 0.756. The maximum absolute atomic E-state index is 11.8. The summed E-state index contributed by atoms with van der Waals surface area (Å²) in [5.74, 6) is -3.89. The maximum atomic E-state index is 11.8. The van der Waals surface area contributed by atoms with Crippen LogP contribution in [0.25, 0.3) is 0 Å². The van der Waals surface area contributed by atoms with Crippen LogP contribution in [0.3, 0.4) is 0 Å². The highest BCUT2D eigenvalue weighted by Gasteiger charge is 2.15. The fraction of sp³-hybridized carbons (Fsp3) is 0.611. The normalized spacial score (nSPS) is 10.9. The SMILES string of the molecule is C[C@H](NC(=O)CNC(=O)CNC(=O)CNC(=O)CNC(=O)CNC(=O)CN)C(=O)CCCN. The van der Waals surface area contributed by atoms with Crippen LogP contribution in [0.5, 0.6) is 0 Å². The molecule has 0 saturated carbocycles. The number of amides is 6. The van der Waals surface area contributed by atoms with Crippen LogP contribution in [-0.4, -0.2) is 93.1 Å². The Morgan fingerprint density at radius 1 is 0.606 bits per heavy atom. The molecule has 0 bridgehead atoms. The van der Waals surface area contributed by atoms with Gasteiger partial charge in [0.2, 0.25) is 35.4 Å². The molecule has 0 saturated heterocycles. The van der Waals surface area contributed by atoms with Crippen LogP contribution < -0.4 is 43.4 Å². The first-order valence-corrected chi connectivity index (χ1v) is 10.1. The summed E-state index contributed by atoms with van der Waals surface area (Å²) >= 11 is 0. The van der Waals surface area contributed by atoms with Crippen LogP contribution in [0.4, 0.5) is 0 Å². The fourth-order valence-corrected chi connectivity index (χ4v) is 2.08. The van der Waals surface area contributed by atoms with Gasteiger partial charge in [-0.2, -0.15) is 0 Å². The summed E-state index contributed by atoms with van der Waals surface area (Å²) < 4.78 is 0. The molecule has 0 unspecified atom stereocenters. The lowest BCUT2D eigenvalue weighted by atomic mass is 10.1. The molecule has 33 heavy (non-hydrogen) atoms. The number of nitrogens with two attached hydrogens (primary N) is 2. The Bertz CT molecular complexity index is 729. The average Bonchev–Trinajstić information content (AvgIpc) is 2.80. The van der Waals surface area contributed by atoms with Gasteiger partial charge in [0, 0.05) is 6.42 Å². The Kier molecular flexibility index (Phi) is 15.2. The van der Waals surface area contributed by atoms with Gasteiger partial charge in [-0.15, -0.1) is 0 Å². The van der Waals surface area contributed by atoms with E-state index in [9.17, 15) is 33.6 Å². The molecule has 0 aliphatic rings. The van der Waals surface area contributed by atoms with Crippen molar-refractivity contribution in [3.8, 4) is 0 Å². The highest BCUT2D eigenvalue weighted by atomic mass is 16.2. The number of Topliss-reactive ketones (excluding diaryl/α,β-unsaturated/α-hetero) is 1. The third kappa shape index (κ3) is 15.8. The Morgan fingerprint density at radius 3 is 1.33 bits per heavy atom. The molecule has 15 heteroatoms. The number of nitrogens with one attached hydrogen (secondary N) is 6. The number of hydrogen-bond acceptors (Lipinski definition) is 9. The molecular weight excluding hydrogens is 440 g/mol. The Labute approximate surface area is 190 Å². The molecule has 186 valence electrons. The predicted molar refractivity (Wildman–Crippen MR) is 115 cm³/mol. The number of hydrogen-bond donors (Lipinski definition) is 8. The van der Waals surface area contributed by atoms with Crippen LogP contribution in [0.2, 0.25) is 0 Å². The molecule has 0 aromatic rings. The van der Waals surface area contributed by atoms with Crippen LogP contribution in [-0.2, 0) is 33.6 Å². The largest absolute Gasteiger partial charge is 0.346 e. The van der Waals surface area contributed by atoms with Crippen molar-refractivity contribution in [1.82, 2.24) is 31.9 Å². The van der Waals surface area contributed by atoms with Gasteiger partial charge in [0.15, 0.2) is 5.78 Å². The molecule has 0 aromatic carbocycles. The minimum absolute atomic E-state index is 0.174. The van der Waals surface area contributed by atoms with E-state index < -0.39 is 61.1 Å². The number of ketones is 1. The summed E-state index contributed by atoms with van der Waals surface area (Å²) in [6.45, 7) is -0.425. The van der Waals surface area contributed by atoms with Crippen LogP contribution in [0, 0.1) is 0 Å².